The van der Waals surface area contributed by atoms with Crippen LogP contribution in [0.5, 0.6) is 0 Å². The molecule has 0 amide bonds. The summed E-state index contributed by atoms with van der Waals surface area (Å²) >= 11 is 0. The molecule has 0 saturated heterocycles. The Hall–Kier alpha value is -3.31. The second kappa shape index (κ2) is 14.1. The molecular weight excluding hydrogens is 446 g/mol. The Kier molecular flexibility index (Phi) is 11.9. The first-order chi connectivity index (χ1) is 16.1. The zero-order valence-electron chi connectivity index (χ0n) is 19.6. The maximum Gasteiger partial charge on any atom is 0.227 e. The fraction of sp³-hybridized carbons (Fsp3) is 0.522. The van der Waals surface area contributed by atoms with E-state index in [0.717, 1.165) is 44.2 Å². The summed E-state index contributed by atoms with van der Waals surface area (Å²) in [5.74, 6) is -4.22. The molecule has 2 aromatic rings. The summed E-state index contributed by atoms with van der Waals surface area (Å²) in [6.45, 7) is 9.58. The Morgan fingerprint density at radius 2 is 1.59 bits per heavy atom. The van der Waals surface area contributed by atoms with Crippen molar-refractivity contribution in [1.82, 2.24) is 15.0 Å². The van der Waals surface area contributed by atoms with Crippen LogP contribution in [0.4, 0.5) is 0 Å². The molecule has 0 spiro atoms. The van der Waals surface area contributed by atoms with Gasteiger partial charge in [-0.15, -0.1) is 0 Å². The summed E-state index contributed by atoms with van der Waals surface area (Å²) in [5, 5.41) is 43.1. The van der Waals surface area contributed by atoms with Gasteiger partial charge in [-0.1, -0.05) is 56.3 Å². The van der Waals surface area contributed by atoms with Crippen molar-refractivity contribution in [2.24, 2.45) is 0 Å². The summed E-state index contributed by atoms with van der Waals surface area (Å²) in [6.07, 6.45) is -0.925. The number of benzene rings is 1. The van der Waals surface area contributed by atoms with Crippen LogP contribution < -0.4 is 15.3 Å². The van der Waals surface area contributed by atoms with Gasteiger partial charge in [-0.3, -0.25) is 0 Å². The van der Waals surface area contributed by atoms with E-state index in [1.165, 1.54) is 5.56 Å². The maximum absolute atomic E-state index is 10.1. The van der Waals surface area contributed by atoms with Gasteiger partial charge in [-0.05, 0) is 25.1 Å². The van der Waals surface area contributed by atoms with Gasteiger partial charge in [0.2, 0.25) is 5.89 Å². The molecule has 0 aliphatic carbocycles. The molecule has 0 aliphatic rings. The van der Waals surface area contributed by atoms with Gasteiger partial charge < -0.3 is 44.2 Å². The molecule has 1 atom stereocenters. The molecule has 2 rings (SSSR count). The number of carbonyl (C=O) groups excluding carboxylic acids is 3. The van der Waals surface area contributed by atoms with Crippen LogP contribution in [0.25, 0.3) is 0 Å². The van der Waals surface area contributed by atoms with Gasteiger partial charge in [0.15, 0.2) is 5.82 Å². The lowest BCUT2D eigenvalue weighted by atomic mass is 9.96. The minimum atomic E-state index is -2.97. The van der Waals surface area contributed by atoms with Gasteiger partial charge in [0.05, 0.1) is 5.97 Å². The largest absolute Gasteiger partial charge is 0.550 e. The highest BCUT2D eigenvalue weighted by Crippen LogP contribution is 2.25. The molecule has 1 heterocycles. The summed E-state index contributed by atoms with van der Waals surface area (Å²) in [6, 6.07) is 10.4. The molecule has 0 saturated carbocycles. The number of hydrogen-bond acceptors (Lipinski definition) is 11. The first-order valence-electron chi connectivity index (χ1n) is 11.0. The molecule has 1 aromatic carbocycles. The number of aliphatic hydroxyl groups is 1. The van der Waals surface area contributed by atoms with Crippen molar-refractivity contribution in [3.05, 3.63) is 47.6 Å². The van der Waals surface area contributed by atoms with Crippen LogP contribution in [0.2, 0.25) is 0 Å². The van der Waals surface area contributed by atoms with Crippen molar-refractivity contribution in [1.29, 1.82) is 0 Å². The van der Waals surface area contributed by atoms with Crippen LogP contribution in [-0.2, 0) is 20.8 Å². The molecule has 1 aromatic heterocycles. The van der Waals surface area contributed by atoms with E-state index in [4.69, 9.17) is 9.63 Å². The van der Waals surface area contributed by atoms with Crippen LogP contribution in [0.15, 0.2) is 34.9 Å². The monoisotopic (exact) mass is 476 g/mol. The highest BCUT2D eigenvalue weighted by atomic mass is 16.5. The van der Waals surface area contributed by atoms with E-state index in [0.29, 0.717) is 0 Å². The molecule has 0 radical (unpaired) electrons. The molecule has 0 bridgehead atoms. The average molecular weight is 477 g/mol. The maximum atomic E-state index is 10.1. The minimum absolute atomic E-state index is 0.220. The molecule has 11 heteroatoms. The van der Waals surface area contributed by atoms with Crippen molar-refractivity contribution < 1.29 is 39.3 Å². The van der Waals surface area contributed by atoms with Gasteiger partial charge >= 0.3 is 0 Å². The topological polar surface area (TPSA) is 183 Å². The lowest BCUT2D eigenvalue weighted by molar-refractivity contribution is -0.339. The van der Waals surface area contributed by atoms with Crippen molar-refractivity contribution in [2.45, 2.75) is 58.0 Å². The van der Waals surface area contributed by atoms with Gasteiger partial charge in [0.1, 0.15) is 5.60 Å². The standard InChI is InChI=1S/C17H25N3O.C6H8O7/c1-4-15(14-10-8-7-9-11-14)17-18-16(21-19-17)12-13-20(5-2)6-3;7-3(8)1-6(13,5(11)12)2-4(9)10/h7-11,15H,4-6,12-13H2,1-3H3;13H,1-2H2,(H,7,8)(H,9,10)(H,11,12)/p-3. The highest BCUT2D eigenvalue weighted by Gasteiger charge is 2.29. The number of aromatic nitrogens is 2. The smallest absolute Gasteiger partial charge is 0.227 e. The number of carboxylic acids is 3. The fourth-order valence-electron chi connectivity index (χ4n) is 3.24. The lowest BCUT2D eigenvalue weighted by Crippen LogP contribution is -2.54. The predicted octanol–water partition coefficient (Wildman–Crippen LogP) is -1.76. The molecule has 1 unspecified atom stereocenters. The van der Waals surface area contributed by atoms with Gasteiger partial charge in [-0.25, -0.2) is 0 Å². The number of rotatable bonds is 13. The van der Waals surface area contributed by atoms with Crippen molar-refractivity contribution in [3.8, 4) is 0 Å². The van der Waals surface area contributed by atoms with Crippen LogP contribution in [0, 0.1) is 0 Å². The van der Waals surface area contributed by atoms with Crippen LogP contribution >= 0.6 is 0 Å². The minimum Gasteiger partial charge on any atom is -0.550 e. The van der Waals surface area contributed by atoms with Crippen molar-refractivity contribution >= 4 is 17.9 Å². The summed E-state index contributed by atoms with van der Waals surface area (Å²) in [5.41, 5.74) is -1.73. The number of nitrogens with zero attached hydrogens (tertiary/aromatic N) is 3. The molecule has 34 heavy (non-hydrogen) atoms. The Bertz CT molecular complexity index is 896. The Labute approximate surface area is 198 Å². The summed E-state index contributed by atoms with van der Waals surface area (Å²) in [7, 11) is 0. The summed E-state index contributed by atoms with van der Waals surface area (Å²) in [4.78, 5) is 37.0. The van der Waals surface area contributed by atoms with E-state index >= 15 is 0 Å². The van der Waals surface area contributed by atoms with E-state index < -0.39 is 36.4 Å². The number of hydrogen-bond donors (Lipinski definition) is 1. The quantitative estimate of drug-likeness (QED) is 0.346. The second-order valence-electron chi connectivity index (χ2n) is 7.61. The third-order valence-corrected chi connectivity index (χ3v) is 5.20. The average Bonchev–Trinajstić information content (AvgIpc) is 3.23. The first kappa shape index (κ1) is 28.7. The zero-order chi connectivity index (χ0) is 25.7. The Morgan fingerprint density at radius 3 is 2.03 bits per heavy atom. The van der Waals surface area contributed by atoms with Crippen LogP contribution in [0.3, 0.4) is 0 Å². The number of likely N-dealkylation sites (N-methyl/N-ethyl adjacent to an activating group) is 1. The van der Waals surface area contributed by atoms with Gasteiger partial charge in [-0.2, -0.15) is 4.98 Å². The molecule has 188 valence electrons. The van der Waals surface area contributed by atoms with E-state index in [1.54, 1.807) is 0 Å². The SMILES string of the molecule is CCC(c1ccccc1)c1noc(CCN(CC)CC)n1.O=C([O-])CC(O)(CC(=O)[O-])C(=O)[O-]. The lowest BCUT2D eigenvalue weighted by Gasteiger charge is -2.29. The highest BCUT2D eigenvalue weighted by molar-refractivity contribution is 5.86. The van der Waals surface area contributed by atoms with E-state index in [2.05, 4.69) is 60.1 Å². The number of carboxylic acid groups (broad SMARTS) is 3. The zero-order valence-corrected chi connectivity index (χ0v) is 19.6. The predicted molar refractivity (Wildman–Crippen MR) is 114 cm³/mol. The number of carbonyl (C=O) groups is 3. The van der Waals surface area contributed by atoms with Crippen molar-refractivity contribution in [3.63, 3.8) is 0 Å². The molecule has 0 fully saturated rings. The van der Waals surface area contributed by atoms with Crippen LogP contribution in [0.1, 0.15) is 63.2 Å². The number of aliphatic carboxylic acids is 3. The Morgan fingerprint density at radius 1 is 1.03 bits per heavy atom. The third-order valence-electron chi connectivity index (χ3n) is 5.20. The molecule has 0 aliphatic heterocycles. The van der Waals surface area contributed by atoms with Crippen molar-refractivity contribution in [2.75, 3.05) is 19.6 Å². The van der Waals surface area contributed by atoms with E-state index in [-0.39, 0.29) is 5.92 Å². The van der Waals surface area contributed by atoms with E-state index in [1.807, 2.05) is 6.07 Å². The molecule has 1 N–H and O–H groups in total. The third kappa shape index (κ3) is 9.28. The van der Waals surface area contributed by atoms with E-state index in [9.17, 15) is 29.7 Å². The normalized spacial score (nSPS) is 12.0. The van der Waals surface area contributed by atoms with Crippen LogP contribution in [-0.4, -0.2) is 63.3 Å². The second-order valence-corrected chi connectivity index (χ2v) is 7.61. The molecule has 11 nitrogen and oxygen atoms in total. The van der Waals surface area contributed by atoms with Gasteiger partial charge in [0.25, 0.3) is 0 Å². The van der Waals surface area contributed by atoms with Gasteiger partial charge in [0, 0.05) is 43.7 Å². The first-order valence-corrected chi connectivity index (χ1v) is 11.0. The summed E-state index contributed by atoms with van der Waals surface area (Å²) < 4.78 is 5.42. The fourth-order valence-corrected chi connectivity index (χ4v) is 3.24. The Balaban J connectivity index is 0.000000385. The molecular formula is C23H30N3O8-3.